The van der Waals surface area contributed by atoms with E-state index in [2.05, 4.69) is 9.97 Å². The topological polar surface area (TPSA) is 71.8 Å². The van der Waals surface area contributed by atoms with Gasteiger partial charge in [-0.1, -0.05) is 4.98 Å². The molecule has 0 bridgehead atoms. The van der Waals surface area contributed by atoms with E-state index in [4.69, 9.17) is 0 Å². The Morgan fingerprint density at radius 3 is 2.23 bits per heavy atom. The van der Waals surface area contributed by atoms with Gasteiger partial charge in [0, 0.05) is 15.9 Å². The zero-order valence-electron chi connectivity index (χ0n) is 5.88. The number of nitrogens with zero attached hydrogens (tertiary/aromatic N) is 2. The van der Waals surface area contributed by atoms with E-state index in [9.17, 15) is 23.3 Å². The lowest BCUT2D eigenvalue weighted by molar-refractivity contribution is -0.393. The summed E-state index contributed by atoms with van der Waals surface area (Å²) in [6.07, 6.45) is 2.73. The van der Waals surface area contributed by atoms with Crippen molar-refractivity contribution in [2.24, 2.45) is 0 Å². The maximum atomic E-state index is 10.3. The van der Waals surface area contributed by atoms with Crippen LogP contribution in [0.25, 0.3) is 0 Å². The van der Waals surface area contributed by atoms with E-state index in [0.717, 1.165) is 0 Å². The molecular weight excluding hydrogens is 259 g/mol. The minimum absolute atomic E-state index is 0.218. The molecule has 0 unspecified atom stereocenters. The Hall–Kier alpha value is -1.12. The number of alkyl halides is 4. The summed E-state index contributed by atoms with van der Waals surface area (Å²) in [6.45, 7) is 0. The third-order valence-electron chi connectivity index (χ3n) is 0.657. The molecule has 0 saturated heterocycles. The molecular formula is C4H3BrF3N3O2. The molecule has 0 fully saturated rings. The van der Waals surface area contributed by atoms with Gasteiger partial charge in [0.2, 0.25) is 0 Å². The van der Waals surface area contributed by atoms with E-state index in [1.54, 1.807) is 0 Å². The van der Waals surface area contributed by atoms with Crippen molar-refractivity contribution < 1.29 is 18.1 Å². The molecule has 0 aliphatic rings. The first kappa shape index (κ1) is 11.9. The molecule has 0 aliphatic carbocycles. The summed E-state index contributed by atoms with van der Waals surface area (Å²) in [7, 11) is 0. The fourth-order valence-corrected chi connectivity index (χ4v) is 0.357. The standard InChI is InChI=1S/C3H3N3O2.CBrF3/c7-6(8)3-4-1-2-5-3;2-1(3,4)5/h1-2H,(H,4,5);. The fourth-order valence-electron chi connectivity index (χ4n) is 0.357. The van der Waals surface area contributed by atoms with Crippen LogP contribution in [0.2, 0.25) is 0 Å². The third-order valence-corrected chi connectivity index (χ3v) is 0.657. The number of hydrogen-bond donors (Lipinski definition) is 1. The summed E-state index contributed by atoms with van der Waals surface area (Å²) in [5.41, 5.74) is 0. The molecule has 9 heteroatoms. The minimum Gasteiger partial charge on any atom is -0.390 e. The predicted molar refractivity (Wildman–Crippen MR) is 40.2 cm³/mol. The number of imidazole rings is 1. The quantitative estimate of drug-likeness (QED) is 0.479. The van der Waals surface area contributed by atoms with Crippen LogP contribution in [0.5, 0.6) is 0 Å². The Balaban J connectivity index is 0.000000252. The molecule has 1 N–H and O–H groups in total. The average Bonchev–Trinajstić information content (AvgIpc) is 2.31. The summed E-state index contributed by atoms with van der Waals surface area (Å²) in [5, 5.41) is 5.59. The molecule has 0 atom stereocenters. The first-order valence-corrected chi connectivity index (χ1v) is 3.49. The number of nitrogens with one attached hydrogen (secondary N) is 1. The van der Waals surface area contributed by atoms with Gasteiger partial charge in [0.25, 0.3) is 0 Å². The molecule has 13 heavy (non-hydrogen) atoms. The SMILES string of the molecule is FC(F)(F)Br.O=[N+]([O-])c1ncc[nH]1. The molecule has 0 saturated carbocycles. The van der Waals surface area contributed by atoms with Crippen molar-refractivity contribution in [1.29, 1.82) is 0 Å². The van der Waals surface area contributed by atoms with Crippen LogP contribution in [-0.4, -0.2) is 20.0 Å². The van der Waals surface area contributed by atoms with Gasteiger partial charge in [-0.3, -0.25) is 0 Å². The molecule has 1 rings (SSSR count). The average molecular weight is 262 g/mol. The molecule has 74 valence electrons. The van der Waals surface area contributed by atoms with Crippen molar-refractivity contribution in [3.8, 4) is 0 Å². The molecule has 0 amide bonds. The lowest BCUT2D eigenvalue weighted by Crippen LogP contribution is -1.88. The Labute approximate surface area is 78.2 Å². The highest BCUT2D eigenvalue weighted by Gasteiger charge is 2.19. The Morgan fingerprint density at radius 2 is 2.08 bits per heavy atom. The van der Waals surface area contributed by atoms with Crippen LogP contribution in [0.3, 0.4) is 0 Å². The highest BCUT2D eigenvalue weighted by Crippen LogP contribution is 2.21. The summed E-state index contributed by atoms with van der Waals surface area (Å²) in [5.74, 6) is -0.218. The third kappa shape index (κ3) is 8.79. The minimum atomic E-state index is -4.19. The van der Waals surface area contributed by atoms with E-state index in [0.29, 0.717) is 0 Å². The molecule has 0 aromatic carbocycles. The molecule has 1 aromatic heterocycles. The zero-order valence-corrected chi connectivity index (χ0v) is 7.46. The van der Waals surface area contributed by atoms with Crippen LogP contribution in [0.1, 0.15) is 0 Å². The maximum absolute atomic E-state index is 10.3. The van der Waals surface area contributed by atoms with Crippen molar-refractivity contribution in [1.82, 2.24) is 9.97 Å². The first-order chi connectivity index (χ1) is 5.80. The van der Waals surface area contributed by atoms with E-state index in [1.807, 2.05) is 0 Å². The number of nitro groups is 1. The summed E-state index contributed by atoms with van der Waals surface area (Å²) in [6, 6.07) is 0. The largest absolute Gasteiger partial charge is 0.448 e. The van der Waals surface area contributed by atoms with Crippen molar-refractivity contribution in [3.63, 3.8) is 0 Å². The van der Waals surface area contributed by atoms with Gasteiger partial charge in [0.05, 0.1) is 6.20 Å². The van der Waals surface area contributed by atoms with Crippen molar-refractivity contribution in [2.45, 2.75) is 5.09 Å². The van der Waals surface area contributed by atoms with Crippen LogP contribution >= 0.6 is 15.9 Å². The summed E-state index contributed by atoms with van der Waals surface area (Å²) >= 11 is 1.38. The number of aromatic amines is 1. The highest BCUT2D eigenvalue weighted by molar-refractivity contribution is 9.09. The number of halogens is 4. The van der Waals surface area contributed by atoms with Crippen molar-refractivity contribution in [2.75, 3.05) is 0 Å². The van der Waals surface area contributed by atoms with Crippen molar-refractivity contribution >= 4 is 21.9 Å². The van der Waals surface area contributed by atoms with E-state index >= 15 is 0 Å². The Bertz CT molecular complexity index is 254. The second-order valence-corrected chi connectivity index (χ2v) is 2.50. The lowest BCUT2D eigenvalue weighted by Gasteiger charge is -1.85. The van der Waals surface area contributed by atoms with Crippen LogP contribution in [0.4, 0.5) is 19.1 Å². The molecule has 0 aliphatic heterocycles. The molecule has 5 nitrogen and oxygen atoms in total. The van der Waals surface area contributed by atoms with Crippen LogP contribution < -0.4 is 0 Å². The van der Waals surface area contributed by atoms with Gasteiger partial charge < -0.3 is 10.1 Å². The number of aromatic nitrogens is 2. The monoisotopic (exact) mass is 261 g/mol. The summed E-state index contributed by atoms with van der Waals surface area (Å²) in [4.78, 5) is 14.9. The van der Waals surface area contributed by atoms with Gasteiger partial charge in [-0.25, -0.2) is 4.98 Å². The lowest BCUT2D eigenvalue weighted by atomic mass is 11.0. The first-order valence-electron chi connectivity index (χ1n) is 2.70. The molecule has 1 aromatic rings. The molecule has 0 spiro atoms. The highest BCUT2D eigenvalue weighted by atomic mass is 79.9. The van der Waals surface area contributed by atoms with Crippen LogP contribution in [0.15, 0.2) is 12.4 Å². The number of hydrogen-bond acceptors (Lipinski definition) is 3. The van der Waals surface area contributed by atoms with Gasteiger partial charge in [0.15, 0.2) is 0 Å². The second kappa shape index (κ2) is 4.80. The van der Waals surface area contributed by atoms with Gasteiger partial charge in [-0.15, -0.1) is 0 Å². The Morgan fingerprint density at radius 1 is 1.62 bits per heavy atom. The van der Waals surface area contributed by atoms with Gasteiger partial charge in [-0.05, 0) is 4.92 Å². The van der Waals surface area contributed by atoms with E-state index in [-0.39, 0.29) is 5.95 Å². The van der Waals surface area contributed by atoms with E-state index < -0.39 is 10.0 Å². The Kier molecular flexibility index (Phi) is 4.38. The van der Waals surface area contributed by atoms with Gasteiger partial charge >= 0.3 is 11.0 Å². The summed E-state index contributed by atoms with van der Waals surface area (Å²) < 4.78 is 30.8. The van der Waals surface area contributed by atoms with Crippen LogP contribution in [0, 0.1) is 10.1 Å². The number of rotatable bonds is 1. The van der Waals surface area contributed by atoms with Crippen LogP contribution in [-0.2, 0) is 0 Å². The predicted octanol–water partition coefficient (Wildman–Crippen LogP) is 2.22. The zero-order chi connectivity index (χ0) is 10.5. The second-order valence-electron chi connectivity index (χ2n) is 1.60. The van der Waals surface area contributed by atoms with Gasteiger partial charge in [0.1, 0.15) is 6.20 Å². The normalized spacial score (nSPS) is 10.2. The maximum Gasteiger partial charge on any atom is 0.448 e. The van der Waals surface area contributed by atoms with Crippen molar-refractivity contribution in [3.05, 3.63) is 22.5 Å². The molecule has 1 heterocycles. The van der Waals surface area contributed by atoms with E-state index in [1.165, 1.54) is 28.3 Å². The molecule has 0 radical (unpaired) electrons. The van der Waals surface area contributed by atoms with Gasteiger partial charge in [-0.2, -0.15) is 13.2 Å². The number of H-pyrrole nitrogens is 1. The fraction of sp³-hybridized carbons (Fsp3) is 0.250. The smallest absolute Gasteiger partial charge is 0.390 e.